The van der Waals surface area contributed by atoms with Gasteiger partial charge < -0.3 is 10.2 Å². The molecule has 0 amide bonds. The van der Waals surface area contributed by atoms with E-state index in [1.165, 1.54) is 44.9 Å². The Morgan fingerprint density at radius 2 is 1.19 bits per heavy atom. The van der Waals surface area contributed by atoms with E-state index >= 15 is 0 Å². The van der Waals surface area contributed by atoms with Crippen molar-refractivity contribution in [3.8, 4) is 0 Å². The van der Waals surface area contributed by atoms with Crippen molar-refractivity contribution in [2.45, 2.75) is 74.1 Å². The van der Waals surface area contributed by atoms with Crippen LogP contribution in [0.4, 0.5) is 0 Å². The number of rotatable bonds is 12. The predicted molar refractivity (Wildman–Crippen MR) is 88.1 cm³/mol. The molecule has 0 saturated heterocycles. The van der Waals surface area contributed by atoms with Gasteiger partial charge >= 0.3 is 107 Å². The van der Waals surface area contributed by atoms with E-state index in [0.29, 0.717) is 12.2 Å². The van der Waals surface area contributed by atoms with Crippen LogP contribution in [0.25, 0.3) is 0 Å². The Labute approximate surface area is 139 Å². The second kappa shape index (κ2) is 19.5. The fraction of sp³-hybridized carbons (Fsp3) is 0.750. The molecule has 0 aromatic rings. The zero-order valence-electron chi connectivity index (χ0n) is 13.4. The second-order valence-electron chi connectivity index (χ2n) is 4.88. The van der Waals surface area contributed by atoms with Crippen molar-refractivity contribution < 1.29 is 19.8 Å². The van der Waals surface area contributed by atoms with Gasteiger partial charge in [0.2, 0.25) is 0 Å². The number of hydrogen-bond acceptors (Lipinski definition) is 2. The maximum Gasteiger partial charge on any atom is 0.328 e. The molecule has 0 fully saturated rings. The molecule has 0 unspecified atom stereocenters. The Morgan fingerprint density at radius 1 is 0.762 bits per heavy atom. The van der Waals surface area contributed by atoms with Gasteiger partial charge in [-0.25, -0.2) is 9.59 Å². The zero-order chi connectivity index (χ0) is 16.3. The van der Waals surface area contributed by atoms with Crippen molar-refractivity contribution >= 4 is 33.1 Å². The molecule has 0 saturated carbocycles. The van der Waals surface area contributed by atoms with Gasteiger partial charge in [-0.2, -0.15) is 0 Å². The van der Waals surface area contributed by atoms with Crippen LogP contribution < -0.4 is 0 Å². The largest absolute Gasteiger partial charge is 0.478 e. The number of carboxylic acids is 2. The molecule has 0 heterocycles. The molecule has 5 heteroatoms. The van der Waals surface area contributed by atoms with Gasteiger partial charge in [0.15, 0.2) is 0 Å². The molecule has 21 heavy (non-hydrogen) atoms. The van der Waals surface area contributed by atoms with E-state index < -0.39 is 11.9 Å². The van der Waals surface area contributed by atoms with E-state index in [-0.39, 0.29) is 21.1 Å². The molecule has 0 aromatic heterocycles. The Hall–Kier alpha value is -0.521. The SMILES string of the molecule is CCCCCCC[CH2][Sn][CH2]CCC.O=C(O)/C=C\C(=O)O. The third-order valence-corrected chi connectivity index (χ3v) is 6.82. The molecule has 0 aliphatic rings. The number of unbranched alkanes of at least 4 members (excludes halogenated alkanes) is 6. The molecule has 0 aliphatic heterocycles. The minimum Gasteiger partial charge on any atom is -0.478 e. The van der Waals surface area contributed by atoms with Crippen molar-refractivity contribution in [3.63, 3.8) is 0 Å². The first-order valence-corrected chi connectivity index (χ1v) is 11.9. The first-order valence-electron chi connectivity index (χ1n) is 7.89. The van der Waals surface area contributed by atoms with E-state index in [0.717, 1.165) is 0 Å². The molecule has 0 aliphatic carbocycles. The molecule has 122 valence electrons. The summed E-state index contributed by atoms with van der Waals surface area (Å²) in [6.07, 6.45) is 12.9. The maximum absolute atomic E-state index is 9.55. The quantitative estimate of drug-likeness (QED) is 0.287. The zero-order valence-corrected chi connectivity index (χ0v) is 16.3. The minimum absolute atomic E-state index is 0.112. The summed E-state index contributed by atoms with van der Waals surface area (Å²) in [5.41, 5.74) is 0. The van der Waals surface area contributed by atoms with E-state index in [4.69, 9.17) is 10.2 Å². The summed E-state index contributed by atoms with van der Waals surface area (Å²) in [5, 5.41) is 15.6. The molecule has 0 bridgehead atoms. The standard InChI is InChI=1S/C8H17.C4H4O4.C4H9.Sn/c1-3-5-7-8-6-4-2;5-3(6)1-2-4(7)8;1-3-4-2;/h1,3-8H2,2H3;1-2H,(H,5,6)(H,7,8);1,3-4H2,2H3;/b;2-1-;;. The van der Waals surface area contributed by atoms with Crippen LogP contribution in [0, 0.1) is 0 Å². The Kier molecular flexibility index (Phi) is 21.1. The maximum atomic E-state index is 9.55. The van der Waals surface area contributed by atoms with E-state index in [2.05, 4.69) is 13.8 Å². The smallest absolute Gasteiger partial charge is 0.328 e. The summed E-state index contributed by atoms with van der Waals surface area (Å²) in [6.45, 7) is 4.60. The Balaban J connectivity index is 0. The number of carboxylic acid groups (broad SMARTS) is 2. The summed E-state index contributed by atoms with van der Waals surface area (Å²) in [4.78, 5) is 19.1. The van der Waals surface area contributed by atoms with Crippen molar-refractivity contribution in [1.82, 2.24) is 0 Å². The van der Waals surface area contributed by atoms with Gasteiger partial charge in [-0.1, -0.05) is 0 Å². The van der Waals surface area contributed by atoms with Crippen molar-refractivity contribution in [3.05, 3.63) is 12.2 Å². The molecule has 0 spiro atoms. The van der Waals surface area contributed by atoms with Gasteiger partial charge in [-0.05, 0) is 0 Å². The fourth-order valence-electron chi connectivity index (χ4n) is 1.60. The Bertz CT molecular complexity index is 251. The normalized spacial score (nSPS) is 10.2. The average molecular weight is 405 g/mol. The van der Waals surface area contributed by atoms with Gasteiger partial charge in [0.25, 0.3) is 0 Å². The monoisotopic (exact) mass is 406 g/mol. The van der Waals surface area contributed by atoms with Gasteiger partial charge in [-0.3, -0.25) is 0 Å². The molecule has 0 atom stereocenters. The molecule has 4 nitrogen and oxygen atoms in total. The summed E-state index contributed by atoms with van der Waals surface area (Å²) < 4.78 is 3.28. The third-order valence-electron chi connectivity index (χ3n) is 2.78. The number of hydrogen-bond donors (Lipinski definition) is 2. The number of aliphatic carboxylic acids is 2. The first kappa shape index (κ1) is 22.8. The van der Waals surface area contributed by atoms with Crippen LogP contribution in [0.2, 0.25) is 8.87 Å². The van der Waals surface area contributed by atoms with Crippen LogP contribution in [0.15, 0.2) is 12.2 Å². The number of carbonyl (C=O) groups is 2. The van der Waals surface area contributed by atoms with E-state index in [9.17, 15) is 9.59 Å². The molecule has 2 radical (unpaired) electrons. The van der Waals surface area contributed by atoms with Crippen LogP contribution >= 0.6 is 0 Å². The van der Waals surface area contributed by atoms with E-state index in [1.54, 1.807) is 15.3 Å². The summed E-state index contributed by atoms with van der Waals surface area (Å²) in [6, 6.07) is 0. The summed E-state index contributed by atoms with van der Waals surface area (Å²) in [5.74, 6) is -2.51. The third kappa shape index (κ3) is 28.4. The van der Waals surface area contributed by atoms with Crippen molar-refractivity contribution in [1.29, 1.82) is 0 Å². The minimum atomic E-state index is -1.26. The summed E-state index contributed by atoms with van der Waals surface area (Å²) in [7, 11) is 0. The van der Waals surface area contributed by atoms with Gasteiger partial charge in [0.1, 0.15) is 0 Å². The van der Waals surface area contributed by atoms with Gasteiger partial charge in [-0.15, -0.1) is 0 Å². The molecule has 2 N–H and O–H groups in total. The second-order valence-corrected chi connectivity index (χ2v) is 9.16. The predicted octanol–water partition coefficient (Wildman–Crippen LogP) is 4.40. The van der Waals surface area contributed by atoms with Crippen LogP contribution in [-0.4, -0.2) is 43.3 Å². The fourth-order valence-corrected chi connectivity index (χ4v) is 5.46. The average Bonchev–Trinajstić information content (AvgIpc) is 2.44. The topological polar surface area (TPSA) is 74.6 Å². The Morgan fingerprint density at radius 3 is 1.67 bits per heavy atom. The molecular weight excluding hydrogens is 375 g/mol. The van der Waals surface area contributed by atoms with Crippen molar-refractivity contribution in [2.75, 3.05) is 0 Å². The summed E-state index contributed by atoms with van der Waals surface area (Å²) >= 11 is 0.112. The van der Waals surface area contributed by atoms with Crippen molar-refractivity contribution in [2.24, 2.45) is 0 Å². The van der Waals surface area contributed by atoms with Crippen LogP contribution in [-0.2, 0) is 9.59 Å². The van der Waals surface area contributed by atoms with Crippen LogP contribution in [0.1, 0.15) is 65.2 Å². The first-order chi connectivity index (χ1) is 10.0. The molecule has 0 aromatic carbocycles. The van der Waals surface area contributed by atoms with Gasteiger partial charge in [0, 0.05) is 12.2 Å². The van der Waals surface area contributed by atoms with E-state index in [1.807, 2.05) is 0 Å². The molecular formula is C16H30O4Sn. The van der Waals surface area contributed by atoms with Gasteiger partial charge in [0.05, 0.1) is 0 Å². The molecule has 0 rings (SSSR count). The van der Waals surface area contributed by atoms with Crippen LogP contribution in [0.5, 0.6) is 0 Å². The van der Waals surface area contributed by atoms with Crippen LogP contribution in [0.3, 0.4) is 0 Å².